The third kappa shape index (κ3) is 2.53. The van der Waals surface area contributed by atoms with Crippen LogP contribution >= 0.6 is 0 Å². The van der Waals surface area contributed by atoms with Crippen molar-refractivity contribution in [3.8, 4) is 5.75 Å². The summed E-state index contributed by atoms with van der Waals surface area (Å²) in [5.74, 6) is 0.875. The molecule has 1 atom stereocenters. The molecule has 1 aliphatic heterocycles. The Morgan fingerprint density at radius 3 is 2.83 bits per heavy atom. The largest absolute Gasteiger partial charge is 0.496 e. The van der Waals surface area contributed by atoms with Gasteiger partial charge in [-0.05, 0) is 37.0 Å². The van der Waals surface area contributed by atoms with Gasteiger partial charge in [0.05, 0.1) is 12.7 Å². The number of nitrogens with one attached hydrogen (secondary N) is 1. The lowest BCUT2D eigenvalue weighted by Gasteiger charge is -2.23. The zero-order chi connectivity index (χ0) is 13.1. The molecule has 1 aromatic rings. The van der Waals surface area contributed by atoms with Gasteiger partial charge in [0.15, 0.2) is 5.78 Å². The molecule has 18 heavy (non-hydrogen) atoms. The second-order valence-electron chi connectivity index (χ2n) is 4.56. The zero-order valence-electron chi connectivity index (χ0n) is 10.7. The average molecular weight is 247 g/mol. The number of ketones is 1. The molecule has 1 aromatic carbocycles. The molecule has 4 nitrogen and oxygen atoms in total. The van der Waals surface area contributed by atoms with Gasteiger partial charge in [-0.2, -0.15) is 0 Å². The summed E-state index contributed by atoms with van der Waals surface area (Å²) in [4.78, 5) is 22.8. The summed E-state index contributed by atoms with van der Waals surface area (Å²) >= 11 is 0. The molecule has 1 saturated heterocycles. The zero-order valence-corrected chi connectivity index (χ0v) is 10.7. The van der Waals surface area contributed by atoms with Crippen LogP contribution in [0.25, 0.3) is 0 Å². The van der Waals surface area contributed by atoms with Crippen LogP contribution in [0, 0.1) is 0 Å². The predicted molar refractivity (Wildman–Crippen MR) is 68.0 cm³/mol. The van der Waals surface area contributed by atoms with Gasteiger partial charge in [-0.3, -0.25) is 9.59 Å². The molecule has 0 spiro atoms. The van der Waals surface area contributed by atoms with Crippen LogP contribution in [0.15, 0.2) is 18.2 Å². The Hall–Kier alpha value is -1.84. The Bertz CT molecular complexity index is 482. The van der Waals surface area contributed by atoms with Crippen molar-refractivity contribution in [1.29, 1.82) is 0 Å². The van der Waals surface area contributed by atoms with Crippen LogP contribution in [0.1, 0.15) is 41.6 Å². The van der Waals surface area contributed by atoms with Gasteiger partial charge in [-0.1, -0.05) is 6.07 Å². The SMILES string of the molecule is COc1cc(C2CCNC(=O)C2)ccc1C(C)=O. The average Bonchev–Trinajstić information content (AvgIpc) is 2.37. The van der Waals surface area contributed by atoms with Crippen molar-refractivity contribution in [2.45, 2.75) is 25.7 Å². The van der Waals surface area contributed by atoms with Crippen LogP contribution in [-0.4, -0.2) is 25.3 Å². The lowest BCUT2D eigenvalue weighted by molar-refractivity contribution is -0.122. The molecule has 1 amide bonds. The molecule has 1 N–H and O–H groups in total. The summed E-state index contributed by atoms with van der Waals surface area (Å²) in [6.45, 7) is 2.23. The first-order valence-corrected chi connectivity index (χ1v) is 6.07. The normalized spacial score (nSPS) is 19.2. The van der Waals surface area contributed by atoms with E-state index in [4.69, 9.17) is 4.74 Å². The number of Topliss-reactive ketones (excluding diaryl/α,β-unsaturated/α-hetero) is 1. The number of hydrogen-bond acceptors (Lipinski definition) is 3. The lowest BCUT2D eigenvalue weighted by atomic mass is 9.89. The van der Waals surface area contributed by atoms with Crippen molar-refractivity contribution in [2.24, 2.45) is 0 Å². The van der Waals surface area contributed by atoms with Gasteiger partial charge in [0, 0.05) is 13.0 Å². The van der Waals surface area contributed by atoms with Crippen LogP contribution in [0.3, 0.4) is 0 Å². The highest BCUT2D eigenvalue weighted by molar-refractivity contribution is 5.96. The molecule has 0 radical (unpaired) electrons. The highest BCUT2D eigenvalue weighted by atomic mass is 16.5. The Labute approximate surface area is 106 Å². The lowest BCUT2D eigenvalue weighted by Crippen LogP contribution is -2.32. The number of rotatable bonds is 3. The molecule has 1 heterocycles. The second-order valence-corrected chi connectivity index (χ2v) is 4.56. The second kappa shape index (κ2) is 5.21. The van der Waals surface area contributed by atoms with E-state index in [1.807, 2.05) is 12.1 Å². The van der Waals surface area contributed by atoms with Crippen molar-refractivity contribution in [1.82, 2.24) is 5.32 Å². The van der Waals surface area contributed by atoms with Crippen LogP contribution in [0.2, 0.25) is 0 Å². The van der Waals surface area contributed by atoms with Crippen molar-refractivity contribution in [3.05, 3.63) is 29.3 Å². The predicted octanol–water partition coefficient (Wildman–Crippen LogP) is 1.89. The molecule has 0 saturated carbocycles. The fraction of sp³-hybridized carbons (Fsp3) is 0.429. The quantitative estimate of drug-likeness (QED) is 0.830. The molecule has 1 aliphatic rings. The van der Waals surface area contributed by atoms with E-state index in [9.17, 15) is 9.59 Å². The summed E-state index contributed by atoms with van der Waals surface area (Å²) < 4.78 is 5.24. The minimum Gasteiger partial charge on any atom is -0.496 e. The van der Waals surface area contributed by atoms with Crippen LogP contribution in [0.4, 0.5) is 0 Å². The van der Waals surface area contributed by atoms with Gasteiger partial charge >= 0.3 is 0 Å². The van der Waals surface area contributed by atoms with E-state index in [0.29, 0.717) is 24.3 Å². The molecule has 1 unspecified atom stereocenters. The monoisotopic (exact) mass is 247 g/mol. The maximum atomic E-state index is 11.4. The van der Waals surface area contributed by atoms with Gasteiger partial charge in [0.2, 0.25) is 5.91 Å². The smallest absolute Gasteiger partial charge is 0.220 e. The highest BCUT2D eigenvalue weighted by Gasteiger charge is 2.21. The summed E-state index contributed by atoms with van der Waals surface area (Å²) in [7, 11) is 1.55. The first-order chi connectivity index (χ1) is 8.61. The third-order valence-corrected chi connectivity index (χ3v) is 3.32. The van der Waals surface area contributed by atoms with E-state index < -0.39 is 0 Å². The number of carbonyl (C=O) groups excluding carboxylic acids is 2. The van der Waals surface area contributed by atoms with E-state index in [2.05, 4.69) is 5.32 Å². The van der Waals surface area contributed by atoms with Crippen molar-refractivity contribution in [3.63, 3.8) is 0 Å². The molecule has 2 rings (SSSR count). The van der Waals surface area contributed by atoms with Gasteiger partial charge in [-0.25, -0.2) is 0 Å². The maximum absolute atomic E-state index is 11.4. The van der Waals surface area contributed by atoms with Gasteiger partial charge < -0.3 is 10.1 Å². The molecular weight excluding hydrogens is 230 g/mol. The first-order valence-electron chi connectivity index (χ1n) is 6.07. The number of benzene rings is 1. The fourth-order valence-electron chi connectivity index (χ4n) is 2.32. The summed E-state index contributed by atoms with van der Waals surface area (Å²) in [6.07, 6.45) is 1.43. The molecule has 1 fully saturated rings. The summed E-state index contributed by atoms with van der Waals surface area (Å²) in [5, 5.41) is 2.82. The van der Waals surface area contributed by atoms with Gasteiger partial charge in [0.1, 0.15) is 5.75 Å². The molecule has 0 bridgehead atoms. The Kier molecular flexibility index (Phi) is 3.65. The van der Waals surface area contributed by atoms with E-state index in [1.165, 1.54) is 6.92 Å². The van der Waals surface area contributed by atoms with Crippen LogP contribution in [-0.2, 0) is 4.79 Å². The van der Waals surface area contributed by atoms with Crippen molar-refractivity contribution >= 4 is 11.7 Å². The van der Waals surface area contributed by atoms with Crippen LogP contribution in [0.5, 0.6) is 5.75 Å². The standard InChI is InChI=1S/C14H17NO3/c1-9(16)12-4-3-10(7-13(12)18-2)11-5-6-15-14(17)8-11/h3-4,7,11H,5-6,8H2,1-2H3,(H,15,17). The Morgan fingerprint density at radius 2 is 2.22 bits per heavy atom. The number of hydrogen-bond donors (Lipinski definition) is 1. The molecule has 0 aromatic heterocycles. The maximum Gasteiger partial charge on any atom is 0.220 e. The fourth-order valence-corrected chi connectivity index (χ4v) is 2.32. The van der Waals surface area contributed by atoms with Crippen LogP contribution < -0.4 is 10.1 Å². The van der Waals surface area contributed by atoms with Gasteiger partial charge in [0.25, 0.3) is 0 Å². The van der Waals surface area contributed by atoms with E-state index >= 15 is 0 Å². The van der Waals surface area contributed by atoms with E-state index in [1.54, 1.807) is 13.2 Å². The number of amides is 1. The topological polar surface area (TPSA) is 55.4 Å². The van der Waals surface area contributed by atoms with Crippen molar-refractivity contribution < 1.29 is 14.3 Å². The van der Waals surface area contributed by atoms with E-state index in [0.717, 1.165) is 12.0 Å². The molecule has 0 aliphatic carbocycles. The number of piperidine rings is 1. The molecule has 96 valence electrons. The minimum atomic E-state index is -0.0141. The molecule has 4 heteroatoms. The third-order valence-electron chi connectivity index (χ3n) is 3.32. The summed E-state index contributed by atoms with van der Waals surface area (Å²) in [6, 6.07) is 5.57. The molecular formula is C14H17NO3. The Morgan fingerprint density at radius 1 is 1.44 bits per heavy atom. The van der Waals surface area contributed by atoms with E-state index in [-0.39, 0.29) is 17.6 Å². The first kappa shape index (κ1) is 12.6. The minimum absolute atomic E-state index is 0.0141. The number of ether oxygens (including phenoxy) is 1. The highest BCUT2D eigenvalue weighted by Crippen LogP contribution is 2.30. The summed E-state index contributed by atoms with van der Waals surface area (Å²) in [5.41, 5.74) is 1.65. The number of methoxy groups -OCH3 is 1. The van der Waals surface area contributed by atoms with Gasteiger partial charge in [-0.15, -0.1) is 0 Å². The number of carbonyl (C=O) groups is 2. The van der Waals surface area contributed by atoms with Crippen molar-refractivity contribution in [2.75, 3.05) is 13.7 Å². The Balaban J connectivity index is 2.29.